The van der Waals surface area contributed by atoms with Gasteiger partial charge in [0.25, 0.3) is 0 Å². The highest BCUT2D eigenvalue weighted by atomic mass is 16.5. The summed E-state index contributed by atoms with van der Waals surface area (Å²) in [7, 11) is 1.57. The molecule has 0 radical (unpaired) electrons. The van der Waals surface area contributed by atoms with Gasteiger partial charge in [-0.2, -0.15) is 0 Å². The van der Waals surface area contributed by atoms with Gasteiger partial charge >= 0.3 is 0 Å². The van der Waals surface area contributed by atoms with Gasteiger partial charge < -0.3 is 21.1 Å². The van der Waals surface area contributed by atoms with Crippen molar-refractivity contribution in [3.63, 3.8) is 0 Å². The number of rotatable bonds is 11. The monoisotopic (exact) mass is 287 g/mol. The molecule has 0 aromatic rings. The Morgan fingerprint density at radius 2 is 1.75 bits per heavy atom. The fourth-order valence-electron chi connectivity index (χ4n) is 2.31. The van der Waals surface area contributed by atoms with E-state index in [1.807, 2.05) is 13.8 Å². The minimum absolute atomic E-state index is 0.0161. The molecule has 0 fully saturated rings. The van der Waals surface area contributed by atoms with Crippen LogP contribution in [0, 0.1) is 5.41 Å². The number of carbonyl (C=O) groups excluding carboxylic acids is 2. The molecule has 0 aromatic heterocycles. The largest absolute Gasteiger partial charge is 0.383 e. The zero-order valence-electron chi connectivity index (χ0n) is 13.0. The first-order chi connectivity index (χ1) is 9.56. The van der Waals surface area contributed by atoms with Crippen molar-refractivity contribution in [1.82, 2.24) is 10.6 Å². The third-order valence-corrected chi connectivity index (χ3v) is 3.37. The summed E-state index contributed by atoms with van der Waals surface area (Å²) in [6.45, 7) is 5.26. The first-order valence-corrected chi connectivity index (χ1v) is 7.30. The van der Waals surface area contributed by atoms with E-state index < -0.39 is 5.41 Å². The molecular weight excluding hydrogens is 258 g/mol. The molecule has 0 rings (SSSR count). The number of nitrogens with one attached hydrogen (secondary N) is 2. The van der Waals surface area contributed by atoms with Crippen molar-refractivity contribution in [2.75, 3.05) is 33.4 Å². The van der Waals surface area contributed by atoms with Crippen LogP contribution in [-0.2, 0) is 14.3 Å². The second kappa shape index (κ2) is 10.6. The minimum atomic E-state index is -0.545. The Balaban J connectivity index is 4.35. The van der Waals surface area contributed by atoms with Crippen molar-refractivity contribution in [3.05, 3.63) is 0 Å². The lowest BCUT2D eigenvalue weighted by Crippen LogP contribution is -2.48. The summed E-state index contributed by atoms with van der Waals surface area (Å²) in [5.74, 6) is -0.333. The Morgan fingerprint density at radius 1 is 1.15 bits per heavy atom. The van der Waals surface area contributed by atoms with Gasteiger partial charge in [0.15, 0.2) is 0 Å². The van der Waals surface area contributed by atoms with Gasteiger partial charge in [-0.15, -0.1) is 0 Å². The standard InChI is InChI=1S/C14H29N3O3/c1-4-6-14(11-15,7-5-2)13(19)17-10-12(18)16-8-9-20-3/h4-11,15H2,1-3H3,(H,16,18)(H,17,19). The Bertz CT molecular complexity index is 289. The molecule has 4 N–H and O–H groups in total. The van der Waals surface area contributed by atoms with Crippen molar-refractivity contribution in [3.8, 4) is 0 Å². The van der Waals surface area contributed by atoms with Crippen LogP contribution in [0.4, 0.5) is 0 Å². The SMILES string of the molecule is CCCC(CN)(CCC)C(=O)NCC(=O)NCCOC. The Morgan fingerprint density at radius 3 is 2.20 bits per heavy atom. The Labute approximate surface area is 121 Å². The molecule has 0 bridgehead atoms. The molecule has 0 aliphatic rings. The molecular formula is C14H29N3O3. The van der Waals surface area contributed by atoms with Crippen molar-refractivity contribution in [1.29, 1.82) is 0 Å². The third kappa shape index (κ3) is 6.34. The van der Waals surface area contributed by atoms with Gasteiger partial charge in [-0.1, -0.05) is 26.7 Å². The van der Waals surface area contributed by atoms with Crippen LogP contribution in [0.5, 0.6) is 0 Å². The highest BCUT2D eigenvalue weighted by molar-refractivity contribution is 5.88. The van der Waals surface area contributed by atoms with Crippen LogP contribution in [0.15, 0.2) is 0 Å². The molecule has 0 saturated heterocycles. The van der Waals surface area contributed by atoms with Crippen LogP contribution in [0.25, 0.3) is 0 Å². The fourth-order valence-corrected chi connectivity index (χ4v) is 2.31. The van der Waals surface area contributed by atoms with Crippen molar-refractivity contribution < 1.29 is 14.3 Å². The third-order valence-electron chi connectivity index (χ3n) is 3.37. The maximum atomic E-state index is 12.3. The first kappa shape index (κ1) is 18.9. The van der Waals surface area contributed by atoms with Gasteiger partial charge in [-0.05, 0) is 12.8 Å². The van der Waals surface area contributed by atoms with Crippen molar-refractivity contribution >= 4 is 11.8 Å². The van der Waals surface area contributed by atoms with E-state index in [2.05, 4.69) is 10.6 Å². The Kier molecular flexibility index (Phi) is 10.0. The van der Waals surface area contributed by atoms with E-state index in [1.54, 1.807) is 7.11 Å². The van der Waals surface area contributed by atoms with E-state index >= 15 is 0 Å². The molecule has 0 aromatic carbocycles. The molecule has 0 atom stereocenters. The highest BCUT2D eigenvalue weighted by Gasteiger charge is 2.35. The van der Waals surface area contributed by atoms with Gasteiger partial charge in [0.05, 0.1) is 18.6 Å². The topological polar surface area (TPSA) is 93.5 Å². The van der Waals surface area contributed by atoms with E-state index in [-0.39, 0.29) is 18.4 Å². The van der Waals surface area contributed by atoms with E-state index in [9.17, 15) is 9.59 Å². The number of hydrogen-bond acceptors (Lipinski definition) is 4. The molecule has 118 valence electrons. The molecule has 6 nitrogen and oxygen atoms in total. The zero-order valence-corrected chi connectivity index (χ0v) is 13.0. The maximum absolute atomic E-state index is 12.3. The lowest BCUT2D eigenvalue weighted by molar-refractivity contribution is -0.133. The molecule has 6 heteroatoms. The molecule has 0 unspecified atom stereocenters. The van der Waals surface area contributed by atoms with E-state index in [4.69, 9.17) is 10.5 Å². The van der Waals surface area contributed by atoms with Crippen LogP contribution in [-0.4, -0.2) is 45.2 Å². The van der Waals surface area contributed by atoms with Gasteiger partial charge in [0.1, 0.15) is 0 Å². The number of amides is 2. The summed E-state index contributed by atoms with van der Waals surface area (Å²) in [6, 6.07) is 0. The van der Waals surface area contributed by atoms with E-state index in [0.717, 1.165) is 25.7 Å². The number of carbonyl (C=O) groups is 2. The number of hydrogen-bond donors (Lipinski definition) is 3. The fraction of sp³-hybridized carbons (Fsp3) is 0.857. The molecule has 0 aliphatic carbocycles. The van der Waals surface area contributed by atoms with E-state index in [1.165, 1.54) is 0 Å². The summed E-state index contributed by atoms with van der Waals surface area (Å²) >= 11 is 0. The molecule has 2 amide bonds. The molecule has 0 heterocycles. The van der Waals surface area contributed by atoms with Gasteiger partial charge in [0.2, 0.25) is 11.8 Å². The number of methoxy groups -OCH3 is 1. The average molecular weight is 287 g/mol. The van der Waals surface area contributed by atoms with Crippen LogP contribution in [0.1, 0.15) is 39.5 Å². The highest BCUT2D eigenvalue weighted by Crippen LogP contribution is 2.28. The van der Waals surface area contributed by atoms with Crippen molar-refractivity contribution in [2.24, 2.45) is 11.1 Å². The molecule has 0 spiro atoms. The first-order valence-electron chi connectivity index (χ1n) is 7.30. The lowest BCUT2D eigenvalue weighted by atomic mass is 9.78. The van der Waals surface area contributed by atoms with Gasteiger partial charge in [-0.3, -0.25) is 9.59 Å². The summed E-state index contributed by atoms with van der Waals surface area (Å²) in [5.41, 5.74) is 5.26. The van der Waals surface area contributed by atoms with Crippen molar-refractivity contribution in [2.45, 2.75) is 39.5 Å². The summed E-state index contributed by atoms with van der Waals surface area (Å²) in [6.07, 6.45) is 3.28. The number of ether oxygens (including phenoxy) is 1. The number of nitrogens with two attached hydrogens (primary N) is 1. The lowest BCUT2D eigenvalue weighted by Gasteiger charge is -2.30. The quantitative estimate of drug-likeness (QED) is 0.480. The average Bonchev–Trinajstić information content (AvgIpc) is 2.44. The van der Waals surface area contributed by atoms with Crippen LogP contribution in [0.2, 0.25) is 0 Å². The van der Waals surface area contributed by atoms with Gasteiger partial charge in [0, 0.05) is 20.2 Å². The summed E-state index contributed by atoms with van der Waals surface area (Å²) in [4.78, 5) is 23.9. The maximum Gasteiger partial charge on any atom is 0.239 e. The Hall–Kier alpha value is -1.14. The molecule has 0 saturated carbocycles. The molecule has 0 aliphatic heterocycles. The zero-order chi connectivity index (χ0) is 15.4. The minimum Gasteiger partial charge on any atom is -0.383 e. The van der Waals surface area contributed by atoms with Gasteiger partial charge in [-0.25, -0.2) is 0 Å². The van der Waals surface area contributed by atoms with Crippen LogP contribution in [0.3, 0.4) is 0 Å². The smallest absolute Gasteiger partial charge is 0.239 e. The van der Waals surface area contributed by atoms with Crippen LogP contribution >= 0.6 is 0 Å². The second-order valence-corrected chi connectivity index (χ2v) is 5.01. The molecule has 20 heavy (non-hydrogen) atoms. The van der Waals surface area contributed by atoms with E-state index in [0.29, 0.717) is 19.7 Å². The summed E-state index contributed by atoms with van der Waals surface area (Å²) < 4.78 is 4.83. The summed E-state index contributed by atoms with van der Waals surface area (Å²) in [5, 5.41) is 5.36. The van der Waals surface area contributed by atoms with Crippen LogP contribution < -0.4 is 16.4 Å². The normalized spacial score (nSPS) is 11.2. The second-order valence-electron chi connectivity index (χ2n) is 5.01. The predicted molar refractivity (Wildman–Crippen MR) is 79.2 cm³/mol. The predicted octanol–water partition coefficient (Wildman–Crippen LogP) is 0.411.